The Morgan fingerprint density at radius 1 is 1.18 bits per heavy atom. The molecule has 0 unspecified atom stereocenters. The molecule has 2 rings (SSSR count). The maximum absolute atomic E-state index is 13.7. The molecule has 0 bridgehead atoms. The number of carbonyl (C=O) groups excluding carboxylic acids is 1. The van der Waals surface area contributed by atoms with Crippen LogP contribution in [0.2, 0.25) is 0 Å². The highest BCUT2D eigenvalue weighted by Crippen LogP contribution is 2.28. The number of sulfonamides is 1. The topological polar surface area (TPSA) is 93.7 Å². The van der Waals surface area contributed by atoms with Gasteiger partial charge in [-0.3, -0.25) is 9.52 Å². The molecule has 0 heterocycles. The van der Waals surface area contributed by atoms with Crippen molar-refractivity contribution in [2.24, 2.45) is 0 Å². The maximum Gasteiger partial charge on any atom is 0.262 e. The number of anilines is 2. The van der Waals surface area contributed by atoms with Gasteiger partial charge in [0.2, 0.25) is 10.0 Å². The zero-order valence-electron chi connectivity index (χ0n) is 15.7. The van der Waals surface area contributed by atoms with Gasteiger partial charge in [-0.05, 0) is 42.8 Å². The molecule has 2 N–H and O–H groups in total. The molecule has 0 fully saturated rings. The Balaban J connectivity index is 2.04. The lowest BCUT2D eigenvalue weighted by Gasteiger charge is -2.12. The number of allylic oxidation sites excluding steroid dienone is 1. The van der Waals surface area contributed by atoms with E-state index in [0.717, 1.165) is 17.9 Å². The van der Waals surface area contributed by atoms with Crippen molar-refractivity contribution in [3.8, 4) is 11.5 Å². The van der Waals surface area contributed by atoms with Crippen LogP contribution in [0.4, 0.5) is 15.8 Å². The van der Waals surface area contributed by atoms with Gasteiger partial charge in [-0.1, -0.05) is 18.2 Å². The van der Waals surface area contributed by atoms with Crippen molar-refractivity contribution in [3.05, 3.63) is 53.9 Å². The minimum absolute atomic E-state index is 0.219. The molecule has 0 radical (unpaired) electrons. The molecule has 9 heteroatoms. The highest BCUT2D eigenvalue weighted by molar-refractivity contribution is 7.92. The van der Waals surface area contributed by atoms with E-state index in [0.29, 0.717) is 11.5 Å². The average Bonchev–Trinajstić information content (AvgIpc) is 2.62. The zero-order valence-corrected chi connectivity index (χ0v) is 16.5. The average molecular weight is 408 g/mol. The van der Waals surface area contributed by atoms with Crippen molar-refractivity contribution >= 4 is 33.4 Å². The summed E-state index contributed by atoms with van der Waals surface area (Å²) in [5, 5.41) is 2.52. The summed E-state index contributed by atoms with van der Waals surface area (Å²) in [5.41, 5.74) is 0.882. The summed E-state index contributed by atoms with van der Waals surface area (Å²) in [7, 11) is -2.16. The maximum atomic E-state index is 13.7. The van der Waals surface area contributed by atoms with Gasteiger partial charge >= 0.3 is 0 Å². The van der Waals surface area contributed by atoms with Crippen LogP contribution in [0.1, 0.15) is 12.5 Å². The van der Waals surface area contributed by atoms with Crippen molar-refractivity contribution in [3.63, 3.8) is 0 Å². The van der Waals surface area contributed by atoms with Crippen LogP contribution in [-0.2, 0) is 14.8 Å². The molecule has 0 saturated carbocycles. The molecule has 150 valence electrons. The Morgan fingerprint density at radius 3 is 2.57 bits per heavy atom. The smallest absolute Gasteiger partial charge is 0.262 e. The number of rotatable bonds is 8. The number of carbonyl (C=O) groups is 1. The lowest BCUT2D eigenvalue weighted by atomic mass is 10.2. The minimum Gasteiger partial charge on any atom is -0.493 e. The molecule has 7 nitrogen and oxygen atoms in total. The van der Waals surface area contributed by atoms with Gasteiger partial charge in [-0.2, -0.15) is 0 Å². The molecule has 0 aliphatic rings. The SMILES string of the molecule is C/C=C/c1ccc(OCC(=O)Nc2ccc(F)c(NS(C)(=O)=O)c2)c(OC)c1. The van der Waals surface area contributed by atoms with E-state index in [1.807, 2.05) is 29.9 Å². The third kappa shape index (κ3) is 6.27. The highest BCUT2D eigenvalue weighted by Gasteiger charge is 2.12. The molecular weight excluding hydrogens is 387 g/mol. The number of hydrogen-bond acceptors (Lipinski definition) is 5. The largest absolute Gasteiger partial charge is 0.493 e. The third-order valence-electron chi connectivity index (χ3n) is 3.45. The Bertz CT molecular complexity index is 990. The van der Waals surface area contributed by atoms with E-state index in [1.54, 1.807) is 12.1 Å². The van der Waals surface area contributed by atoms with Crippen LogP contribution >= 0.6 is 0 Å². The number of methoxy groups -OCH3 is 1. The summed E-state index contributed by atoms with van der Waals surface area (Å²) in [6.07, 6.45) is 4.69. The summed E-state index contributed by atoms with van der Waals surface area (Å²) in [6.45, 7) is 1.58. The lowest BCUT2D eigenvalue weighted by molar-refractivity contribution is -0.118. The summed E-state index contributed by atoms with van der Waals surface area (Å²) in [4.78, 5) is 12.1. The highest BCUT2D eigenvalue weighted by atomic mass is 32.2. The van der Waals surface area contributed by atoms with Gasteiger partial charge in [0.1, 0.15) is 5.82 Å². The van der Waals surface area contributed by atoms with Gasteiger partial charge < -0.3 is 14.8 Å². The third-order valence-corrected chi connectivity index (χ3v) is 4.04. The van der Waals surface area contributed by atoms with Crippen LogP contribution in [0.15, 0.2) is 42.5 Å². The number of benzene rings is 2. The van der Waals surface area contributed by atoms with E-state index in [1.165, 1.54) is 19.2 Å². The van der Waals surface area contributed by atoms with Gasteiger partial charge in [0.05, 0.1) is 19.1 Å². The summed E-state index contributed by atoms with van der Waals surface area (Å²) < 4.78 is 49.0. The van der Waals surface area contributed by atoms with Crippen molar-refractivity contribution in [2.75, 3.05) is 30.0 Å². The number of hydrogen-bond donors (Lipinski definition) is 2. The Kier molecular flexibility index (Phi) is 7.00. The van der Waals surface area contributed by atoms with E-state index in [2.05, 4.69) is 5.32 Å². The van der Waals surface area contributed by atoms with Crippen molar-refractivity contribution in [1.82, 2.24) is 0 Å². The van der Waals surface area contributed by atoms with Crippen LogP contribution < -0.4 is 19.5 Å². The van der Waals surface area contributed by atoms with E-state index in [4.69, 9.17) is 9.47 Å². The first-order chi connectivity index (χ1) is 13.2. The second kappa shape index (κ2) is 9.23. The van der Waals surface area contributed by atoms with Crippen LogP contribution in [0, 0.1) is 5.82 Å². The quantitative estimate of drug-likeness (QED) is 0.699. The van der Waals surface area contributed by atoms with E-state index in [9.17, 15) is 17.6 Å². The monoisotopic (exact) mass is 408 g/mol. The fraction of sp³-hybridized carbons (Fsp3) is 0.211. The Hall–Kier alpha value is -3.07. The molecule has 0 aromatic heterocycles. The van der Waals surface area contributed by atoms with Crippen LogP contribution in [0.25, 0.3) is 6.08 Å². The van der Waals surface area contributed by atoms with Crippen LogP contribution in [0.5, 0.6) is 11.5 Å². The number of ether oxygens (including phenoxy) is 2. The Labute approximate surface area is 163 Å². The molecular formula is C19H21FN2O5S. The molecule has 2 aromatic rings. The summed E-state index contributed by atoms with van der Waals surface area (Å²) in [6, 6.07) is 8.82. The van der Waals surface area contributed by atoms with Gasteiger partial charge in [0, 0.05) is 5.69 Å². The molecule has 0 saturated heterocycles. The fourth-order valence-corrected chi connectivity index (χ4v) is 2.88. The molecule has 28 heavy (non-hydrogen) atoms. The van der Waals surface area contributed by atoms with E-state index < -0.39 is 21.7 Å². The standard InChI is InChI=1S/C19H21FN2O5S/c1-4-5-13-6-9-17(18(10-13)26-2)27-12-19(23)21-14-7-8-15(20)16(11-14)22-28(3,24)25/h4-11,22H,12H2,1-3H3,(H,21,23)/b5-4+. The van der Waals surface area contributed by atoms with Gasteiger partial charge in [0.25, 0.3) is 5.91 Å². The number of halogens is 1. The number of nitrogens with one attached hydrogen (secondary N) is 2. The van der Waals surface area contributed by atoms with Crippen molar-refractivity contribution < 1.29 is 27.1 Å². The van der Waals surface area contributed by atoms with E-state index >= 15 is 0 Å². The van der Waals surface area contributed by atoms with Gasteiger partial charge in [0.15, 0.2) is 18.1 Å². The molecule has 0 aliphatic carbocycles. The van der Waals surface area contributed by atoms with Crippen molar-refractivity contribution in [1.29, 1.82) is 0 Å². The minimum atomic E-state index is -3.65. The van der Waals surface area contributed by atoms with Crippen molar-refractivity contribution in [2.45, 2.75) is 6.92 Å². The van der Waals surface area contributed by atoms with Gasteiger partial charge in [-0.15, -0.1) is 0 Å². The molecule has 0 spiro atoms. The van der Waals surface area contributed by atoms with Gasteiger partial charge in [-0.25, -0.2) is 12.8 Å². The Morgan fingerprint density at radius 2 is 1.93 bits per heavy atom. The normalized spacial score (nSPS) is 11.3. The number of amides is 1. The first kappa shape index (κ1) is 21.2. The van der Waals surface area contributed by atoms with E-state index in [-0.39, 0.29) is 18.0 Å². The second-order valence-electron chi connectivity index (χ2n) is 5.82. The fourth-order valence-electron chi connectivity index (χ4n) is 2.32. The second-order valence-corrected chi connectivity index (χ2v) is 7.56. The van der Waals surface area contributed by atoms with Crippen LogP contribution in [-0.4, -0.2) is 34.3 Å². The lowest BCUT2D eigenvalue weighted by Crippen LogP contribution is -2.20. The zero-order chi connectivity index (χ0) is 20.7. The molecule has 0 aliphatic heterocycles. The first-order valence-corrected chi connectivity index (χ1v) is 10.1. The predicted octanol–water partition coefficient (Wildman–Crippen LogP) is 3.26. The predicted molar refractivity (Wildman–Crippen MR) is 107 cm³/mol. The molecule has 2 aromatic carbocycles. The van der Waals surface area contributed by atoms with Crippen LogP contribution in [0.3, 0.4) is 0 Å². The summed E-state index contributed by atoms with van der Waals surface area (Å²) in [5.74, 6) is -0.392. The molecule has 1 amide bonds. The molecule has 0 atom stereocenters. The first-order valence-electron chi connectivity index (χ1n) is 8.22. The summed E-state index contributed by atoms with van der Waals surface area (Å²) >= 11 is 0.